The topological polar surface area (TPSA) is 67.3 Å². The fourth-order valence-electron chi connectivity index (χ4n) is 4.08. The van der Waals surface area contributed by atoms with E-state index in [1.165, 1.54) is 18.4 Å². The Kier molecular flexibility index (Phi) is 6.16. The van der Waals surface area contributed by atoms with E-state index in [0.29, 0.717) is 5.69 Å². The summed E-state index contributed by atoms with van der Waals surface area (Å²) in [5.41, 5.74) is 5.63. The minimum Gasteiger partial charge on any atom is -0.483 e. The van der Waals surface area contributed by atoms with Crippen molar-refractivity contribution >= 4 is 17.4 Å². The molecule has 31 heavy (non-hydrogen) atoms. The highest BCUT2D eigenvalue weighted by Crippen LogP contribution is 2.25. The summed E-state index contributed by atoms with van der Waals surface area (Å²) in [6.07, 6.45) is 2.41. The number of ether oxygens (including phenoxy) is 1. The van der Waals surface area contributed by atoms with E-state index >= 15 is 0 Å². The van der Waals surface area contributed by atoms with Crippen LogP contribution in [-0.4, -0.2) is 35.8 Å². The molecule has 4 rings (SSSR count). The second-order valence-electron chi connectivity index (χ2n) is 8.12. The average molecular weight is 417 g/mol. The molecule has 1 saturated heterocycles. The van der Waals surface area contributed by atoms with E-state index in [1.807, 2.05) is 57.2 Å². The molecule has 2 aromatic carbocycles. The van der Waals surface area contributed by atoms with Gasteiger partial charge in [-0.2, -0.15) is 0 Å². The molecule has 0 unspecified atom stereocenters. The summed E-state index contributed by atoms with van der Waals surface area (Å²) in [5.74, 6) is 1.49. The van der Waals surface area contributed by atoms with Gasteiger partial charge in [0, 0.05) is 24.3 Å². The highest BCUT2D eigenvalue weighted by Gasteiger charge is 2.14. The second-order valence-corrected chi connectivity index (χ2v) is 8.12. The van der Waals surface area contributed by atoms with Gasteiger partial charge in [-0.15, -0.1) is 10.2 Å². The third-order valence-electron chi connectivity index (χ3n) is 5.47. The van der Waals surface area contributed by atoms with E-state index < -0.39 is 0 Å². The SMILES string of the molecule is Cc1cc(C)c(OCC(=O)Nc2cccc(-c3ccc(N4CCCC4)nn3)c2)c(C)c1. The Morgan fingerprint density at radius 2 is 1.74 bits per heavy atom. The van der Waals surface area contributed by atoms with Gasteiger partial charge in [0.1, 0.15) is 5.75 Å². The van der Waals surface area contributed by atoms with Gasteiger partial charge in [0.05, 0.1) is 5.69 Å². The molecule has 160 valence electrons. The van der Waals surface area contributed by atoms with Gasteiger partial charge in [-0.3, -0.25) is 4.79 Å². The van der Waals surface area contributed by atoms with Crippen LogP contribution < -0.4 is 15.0 Å². The first-order valence-electron chi connectivity index (χ1n) is 10.7. The Morgan fingerprint density at radius 3 is 2.42 bits per heavy atom. The molecular weight excluding hydrogens is 388 g/mol. The summed E-state index contributed by atoms with van der Waals surface area (Å²) in [4.78, 5) is 14.7. The molecule has 0 spiro atoms. The van der Waals surface area contributed by atoms with Crippen molar-refractivity contribution in [1.29, 1.82) is 0 Å². The minimum atomic E-state index is -0.202. The molecule has 1 aliphatic rings. The summed E-state index contributed by atoms with van der Waals surface area (Å²) in [6.45, 7) is 8.07. The van der Waals surface area contributed by atoms with Gasteiger partial charge in [0.15, 0.2) is 12.4 Å². The lowest BCUT2D eigenvalue weighted by Gasteiger charge is -2.15. The fourth-order valence-corrected chi connectivity index (χ4v) is 4.08. The molecule has 1 amide bonds. The molecule has 3 aromatic rings. The van der Waals surface area contributed by atoms with E-state index in [1.54, 1.807) is 0 Å². The number of anilines is 2. The molecule has 0 radical (unpaired) electrons. The van der Waals surface area contributed by atoms with Crippen LogP contribution in [-0.2, 0) is 4.79 Å². The molecule has 6 nitrogen and oxygen atoms in total. The number of nitrogens with zero attached hydrogens (tertiary/aromatic N) is 3. The predicted molar refractivity (Wildman–Crippen MR) is 124 cm³/mol. The molecule has 0 atom stereocenters. The molecule has 0 saturated carbocycles. The Morgan fingerprint density at radius 1 is 1.00 bits per heavy atom. The first-order chi connectivity index (χ1) is 15.0. The van der Waals surface area contributed by atoms with Crippen LogP contribution >= 0.6 is 0 Å². The molecule has 6 heteroatoms. The summed E-state index contributed by atoms with van der Waals surface area (Å²) in [6, 6.07) is 15.7. The smallest absolute Gasteiger partial charge is 0.262 e. The van der Waals surface area contributed by atoms with Crippen LogP contribution in [0.25, 0.3) is 11.3 Å². The number of nitrogens with one attached hydrogen (secondary N) is 1. The van der Waals surface area contributed by atoms with Gasteiger partial charge in [-0.05, 0) is 69.0 Å². The van der Waals surface area contributed by atoms with Crippen LogP contribution in [0, 0.1) is 20.8 Å². The number of benzene rings is 2. The Bertz CT molecular complexity index is 1050. The summed E-state index contributed by atoms with van der Waals surface area (Å²) in [7, 11) is 0. The zero-order valence-electron chi connectivity index (χ0n) is 18.3. The number of aromatic nitrogens is 2. The van der Waals surface area contributed by atoms with Crippen LogP contribution in [0.5, 0.6) is 5.75 Å². The lowest BCUT2D eigenvalue weighted by Crippen LogP contribution is -2.20. The number of aryl methyl sites for hydroxylation is 3. The van der Waals surface area contributed by atoms with E-state index in [9.17, 15) is 4.79 Å². The van der Waals surface area contributed by atoms with Gasteiger partial charge >= 0.3 is 0 Å². The largest absolute Gasteiger partial charge is 0.483 e. The van der Waals surface area contributed by atoms with Crippen molar-refractivity contribution in [3.63, 3.8) is 0 Å². The van der Waals surface area contributed by atoms with Crippen LogP contribution in [0.1, 0.15) is 29.5 Å². The summed E-state index contributed by atoms with van der Waals surface area (Å²) in [5, 5.41) is 11.7. The lowest BCUT2D eigenvalue weighted by molar-refractivity contribution is -0.118. The van der Waals surface area contributed by atoms with Crippen molar-refractivity contribution in [2.75, 3.05) is 29.9 Å². The minimum absolute atomic E-state index is 0.0424. The van der Waals surface area contributed by atoms with Crippen LogP contribution in [0.3, 0.4) is 0 Å². The van der Waals surface area contributed by atoms with E-state index in [0.717, 1.165) is 47.0 Å². The quantitative estimate of drug-likeness (QED) is 0.632. The number of carbonyl (C=O) groups is 1. The maximum Gasteiger partial charge on any atom is 0.262 e. The van der Waals surface area contributed by atoms with Gasteiger partial charge in [0.25, 0.3) is 5.91 Å². The van der Waals surface area contributed by atoms with E-state index in [4.69, 9.17) is 4.74 Å². The number of carbonyl (C=O) groups excluding carboxylic acids is 1. The van der Waals surface area contributed by atoms with Crippen LogP contribution in [0.4, 0.5) is 11.5 Å². The maximum absolute atomic E-state index is 12.4. The number of hydrogen-bond acceptors (Lipinski definition) is 5. The third kappa shape index (κ3) is 5.02. The third-order valence-corrected chi connectivity index (χ3v) is 5.47. The van der Waals surface area contributed by atoms with Gasteiger partial charge in [-0.25, -0.2) is 0 Å². The standard InChI is InChI=1S/C25H28N4O2/c1-17-13-18(2)25(19(3)14-17)31-16-24(30)26-21-8-6-7-20(15-21)22-9-10-23(28-27-22)29-11-4-5-12-29/h6-10,13-15H,4-5,11-12,16H2,1-3H3,(H,26,30). The van der Waals surface area contributed by atoms with Crippen molar-refractivity contribution in [2.24, 2.45) is 0 Å². The average Bonchev–Trinajstić information content (AvgIpc) is 3.28. The molecular formula is C25H28N4O2. The second kappa shape index (κ2) is 9.16. The predicted octanol–water partition coefficient (Wildman–Crippen LogP) is 4.69. The van der Waals surface area contributed by atoms with Crippen LogP contribution in [0.2, 0.25) is 0 Å². The van der Waals surface area contributed by atoms with Crippen molar-refractivity contribution in [3.8, 4) is 17.0 Å². The van der Waals surface area contributed by atoms with E-state index in [2.05, 4.69) is 32.5 Å². The van der Waals surface area contributed by atoms with Crippen molar-refractivity contribution in [1.82, 2.24) is 10.2 Å². The Labute approximate surface area is 183 Å². The normalized spacial score (nSPS) is 13.3. The molecule has 1 aliphatic heterocycles. The van der Waals surface area contributed by atoms with Crippen molar-refractivity contribution < 1.29 is 9.53 Å². The molecule has 2 heterocycles. The monoisotopic (exact) mass is 416 g/mol. The van der Waals surface area contributed by atoms with Gasteiger partial charge < -0.3 is 15.0 Å². The molecule has 0 bridgehead atoms. The lowest BCUT2D eigenvalue weighted by atomic mass is 10.1. The molecule has 1 aromatic heterocycles. The number of amides is 1. The van der Waals surface area contributed by atoms with E-state index in [-0.39, 0.29) is 12.5 Å². The first-order valence-corrected chi connectivity index (χ1v) is 10.7. The maximum atomic E-state index is 12.4. The number of hydrogen-bond donors (Lipinski definition) is 1. The zero-order valence-corrected chi connectivity index (χ0v) is 18.3. The number of rotatable bonds is 6. The van der Waals surface area contributed by atoms with Crippen molar-refractivity contribution in [3.05, 3.63) is 65.2 Å². The zero-order chi connectivity index (χ0) is 21.8. The Balaban J connectivity index is 1.40. The molecule has 0 aliphatic carbocycles. The van der Waals surface area contributed by atoms with Gasteiger partial charge in [-0.1, -0.05) is 29.8 Å². The molecule has 1 N–H and O–H groups in total. The highest BCUT2D eigenvalue weighted by molar-refractivity contribution is 5.92. The highest BCUT2D eigenvalue weighted by atomic mass is 16.5. The Hall–Kier alpha value is -3.41. The van der Waals surface area contributed by atoms with Crippen molar-refractivity contribution in [2.45, 2.75) is 33.6 Å². The van der Waals surface area contributed by atoms with Crippen LogP contribution in [0.15, 0.2) is 48.5 Å². The summed E-state index contributed by atoms with van der Waals surface area (Å²) < 4.78 is 5.79. The first kappa shape index (κ1) is 20.8. The molecule has 1 fully saturated rings. The fraction of sp³-hybridized carbons (Fsp3) is 0.320. The summed E-state index contributed by atoms with van der Waals surface area (Å²) >= 11 is 0. The van der Waals surface area contributed by atoms with Gasteiger partial charge in [0.2, 0.25) is 0 Å².